The van der Waals surface area contributed by atoms with Crippen LogP contribution in [0.3, 0.4) is 0 Å². The largest absolute Gasteiger partial charge is 0.325 e. The van der Waals surface area contributed by atoms with Crippen LogP contribution < -0.4 is 5.32 Å². The predicted molar refractivity (Wildman–Crippen MR) is 89.4 cm³/mol. The van der Waals surface area contributed by atoms with Gasteiger partial charge in [-0.25, -0.2) is 0 Å². The summed E-state index contributed by atoms with van der Waals surface area (Å²) in [6.45, 7) is 0. The molecule has 0 aromatic heterocycles. The molecule has 0 unspecified atom stereocenters. The summed E-state index contributed by atoms with van der Waals surface area (Å²) in [5.74, 6) is -0.505. The molecule has 23 heavy (non-hydrogen) atoms. The molecule has 6 nitrogen and oxygen atoms in total. The van der Waals surface area contributed by atoms with Gasteiger partial charge in [0.1, 0.15) is 0 Å². The average Bonchev–Trinajstić information content (AvgIpc) is 2.55. The zero-order valence-corrected chi connectivity index (χ0v) is 13.6. The molecule has 7 heteroatoms. The molecule has 0 fully saturated rings. The van der Waals surface area contributed by atoms with E-state index in [-0.39, 0.29) is 30.2 Å². The Morgan fingerprint density at radius 3 is 2.43 bits per heavy atom. The summed E-state index contributed by atoms with van der Waals surface area (Å²) in [6.07, 6.45) is 0.0747. The zero-order valence-electron chi connectivity index (χ0n) is 12.0. The number of nitro benzene ring substituents is 1. The summed E-state index contributed by atoms with van der Waals surface area (Å²) in [6, 6.07) is 12.8. The molecule has 0 saturated carbocycles. The van der Waals surface area contributed by atoms with E-state index in [1.165, 1.54) is 18.2 Å². The van der Waals surface area contributed by atoms with Crippen LogP contribution in [0.4, 0.5) is 11.4 Å². The van der Waals surface area contributed by atoms with Crippen LogP contribution in [0.2, 0.25) is 0 Å². The number of non-ortho nitro benzene ring substituents is 1. The van der Waals surface area contributed by atoms with Gasteiger partial charge in [-0.1, -0.05) is 30.3 Å². The van der Waals surface area contributed by atoms with Crippen molar-refractivity contribution in [2.24, 2.45) is 0 Å². The van der Waals surface area contributed by atoms with Gasteiger partial charge in [0.15, 0.2) is 5.78 Å². The van der Waals surface area contributed by atoms with E-state index in [2.05, 4.69) is 21.2 Å². The van der Waals surface area contributed by atoms with Gasteiger partial charge in [0.25, 0.3) is 5.69 Å². The number of Topliss-reactive ketones (excluding diaryl/α,β-unsaturated/α-hetero) is 1. The lowest BCUT2D eigenvalue weighted by atomic mass is 10.1. The van der Waals surface area contributed by atoms with Crippen LogP contribution in [0.25, 0.3) is 0 Å². The maximum atomic E-state index is 11.9. The molecule has 118 valence electrons. The third kappa shape index (κ3) is 4.72. The molecule has 2 aromatic carbocycles. The minimum Gasteiger partial charge on any atom is -0.325 e. The number of nitrogens with zero attached hydrogens (tertiary/aromatic N) is 1. The van der Waals surface area contributed by atoms with E-state index in [9.17, 15) is 19.7 Å². The third-order valence-electron chi connectivity index (χ3n) is 3.11. The average molecular weight is 377 g/mol. The number of halogens is 1. The van der Waals surface area contributed by atoms with Crippen LogP contribution in [0.5, 0.6) is 0 Å². The maximum absolute atomic E-state index is 11.9. The summed E-state index contributed by atoms with van der Waals surface area (Å²) in [4.78, 5) is 34.1. The van der Waals surface area contributed by atoms with E-state index in [1.54, 1.807) is 24.3 Å². The van der Waals surface area contributed by atoms with E-state index in [0.717, 1.165) is 0 Å². The smallest absolute Gasteiger partial charge is 0.271 e. The van der Waals surface area contributed by atoms with Gasteiger partial charge >= 0.3 is 0 Å². The van der Waals surface area contributed by atoms with Crippen LogP contribution >= 0.6 is 15.9 Å². The fraction of sp³-hybridized carbons (Fsp3) is 0.125. The fourth-order valence-corrected chi connectivity index (χ4v) is 2.28. The van der Waals surface area contributed by atoms with Gasteiger partial charge in [-0.15, -0.1) is 0 Å². The van der Waals surface area contributed by atoms with E-state index >= 15 is 0 Å². The second-order valence-corrected chi connectivity index (χ2v) is 5.61. The maximum Gasteiger partial charge on any atom is 0.271 e. The van der Waals surface area contributed by atoms with Crippen molar-refractivity contribution in [3.63, 3.8) is 0 Å². The Morgan fingerprint density at radius 2 is 1.78 bits per heavy atom. The lowest BCUT2D eigenvalue weighted by Crippen LogP contribution is -2.14. The van der Waals surface area contributed by atoms with Gasteiger partial charge in [0, 0.05) is 35.0 Å². The predicted octanol–water partition coefficient (Wildman–Crippen LogP) is 3.96. The number of carbonyl (C=O) groups excluding carboxylic acids is 2. The Labute approximate surface area is 140 Å². The Morgan fingerprint density at radius 1 is 1.09 bits per heavy atom. The number of nitro groups is 1. The highest BCUT2D eigenvalue weighted by molar-refractivity contribution is 9.10. The van der Waals surface area contributed by atoms with Crippen molar-refractivity contribution in [3.8, 4) is 0 Å². The normalized spacial score (nSPS) is 10.1. The number of hydrogen-bond acceptors (Lipinski definition) is 4. The fourth-order valence-electron chi connectivity index (χ4n) is 1.93. The number of anilines is 1. The van der Waals surface area contributed by atoms with Crippen LogP contribution in [0, 0.1) is 10.1 Å². The summed E-state index contributed by atoms with van der Waals surface area (Å²) < 4.78 is 0.533. The van der Waals surface area contributed by atoms with Gasteiger partial charge in [-0.3, -0.25) is 19.7 Å². The lowest BCUT2D eigenvalue weighted by Gasteiger charge is -2.07. The van der Waals surface area contributed by atoms with Crippen molar-refractivity contribution in [2.45, 2.75) is 12.8 Å². The van der Waals surface area contributed by atoms with Crippen molar-refractivity contribution in [1.82, 2.24) is 0 Å². The monoisotopic (exact) mass is 376 g/mol. The number of rotatable bonds is 6. The van der Waals surface area contributed by atoms with Crippen molar-refractivity contribution >= 4 is 39.0 Å². The molecule has 2 rings (SSSR count). The molecule has 0 spiro atoms. The van der Waals surface area contributed by atoms with Gasteiger partial charge in [-0.2, -0.15) is 0 Å². The summed E-state index contributed by atoms with van der Waals surface area (Å²) >= 11 is 3.22. The molecule has 0 aliphatic carbocycles. The molecule has 0 radical (unpaired) electrons. The molecule has 0 aliphatic rings. The molecule has 0 saturated heterocycles. The van der Waals surface area contributed by atoms with Crippen LogP contribution in [0.15, 0.2) is 53.0 Å². The zero-order chi connectivity index (χ0) is 16.8. The molecule has 0 atom stereocenters. The Bertz CT molecular complexity index is 747. The molecule has 0 aliphatic heterocycles. The van der Waals surface area contributed by atoms with Gasteiger partial charge in [0.05, 0.1) is 10.6 Å². The molecule has 1 N–H and O–H groups in total. The van der Waals surface area contributed by atoms with Crippen LogP contribution in [-0.2, 0) is 4.79 Å². The molecule has 0 bridgehead atoms. The second kappa shape index (κ2) is 7.64. The van der Waals surface area contributed by atoms with Crippen LogP contribution in [-0.4, -0.2) is 16.6 Å². The highest BCUT2D eigenvalue weighted by Gasteiger charge is 2.13. The molecular formula is C16H13BrN2O4. The Balaban J connectivity index is 1.96. The SMILES string of the molecule is O=C(CCC(=O)c1ccccc1)Nc1cc([N+](=O)[O-])ccc1Br. The first kappa shape index (κ1) is 16.8. The number of hydrogen-bond donors (Lipinski definition) is 1. The van der Waals surface area contributed by atoms with Crippen molar-refractivity contribution < 1.29 is 14.5 Å². The minimum atomic E-state index is -0.541. The number of carbonyl (C=O) groups is 2. The quantitative estimate of drug-likeness (QED) is 0.469. The highest BCUT2D eigenvalue weighted by Crippen LogP contribution is 2.27. The second-order valence-electron chi connectivity index (χ2n) is 4.76. The number of ketones is 1. The molecule has 0 heterocycles. The Hall–Kier alpha value is -2.54. The van der Waals surface area contributed by atoms with E-state index < -0.39 is 4.92 Å². The topological polar surface area (TPSA) is 89.3 Å². The van der Waals surface area contributed by atoms with Crippen molar-refractivity contribution in [3.05, 3.63) is 68.7 Å². The lowest BCUT2D eigenvalue weighted by molar-refractivity contribution is -0.384. The van der Waals surface area contributed by atoms with Gasteiger partial charge in [0.2, 0.25) is 5.91 Å². The standard InChI is InChI=1S/C16H13BrN2O4/c17-13-7-6-12(19(22)23)10-14(13)18-16(21)9-8-15(20)11-4-2-1-3-5-11/h1-7,10H,8-9H2,(H,18,21). The molecular weight excluding hydrogens is 364 g/mol. The third-order valence-corrected chi connectivity index (χ3v) is 3.80. The summed E-state index contributed by atoms with van der Waals surface area (Å²) in [7, 11) is 0. The van der Waals surface area contributed by atoms with Gasteiger partial charge < -0.3 is 5.32 Å². The first-order valence-electron chi connectivity index (χ1n) is 6.79. The summed E-state index contributed by atoms with van der Waals surface area (Å²) in [5, 5.41) is 13.3. The molecule has 1 amide bonds. The first-order chi connectivity index (χ1) is 11.0. The van der Waals surface area contributed by atoms with Gasteiger partial charge in [-0.05, 0) is 22.0 Å². The van der Waals surface area contributed by atoms with Crippen LogP contribution in [0.1, 0.15) is 23.2 Å². The summed E-state index contributed by atoms with van der Waals surface area (Å²) in [5.41, 5.74) is 0.733. The number of amides is 1. The van der Waals surface area contributed by atoms with E-state index in [4.69, 9.17) is 0 Å². The number of benzene rings is 2. The minimum absolute atomic E-state index is 0.00284. The van der Waals surface area contributed by atoms with Crippen molar-refractivity contribution in [2.75, 3.05) is 5.32 Å². The molecule has 2 aromatic rings. The highest BCUT2D eigenvalue weighted by atomic mass is 79.9. The first-order valence-corrected chi connectivity index (χ1v) is 7.58. The van der Waals surface area contributed by atoms with E-state index in [0.29, 0.717) is 15.7 Å². The van der Waals surface area contributed by atoms with E-state index in [1.807, 2.05) is 6.07 Å². The Kier molecular flexibility index (Phi) is 5.59. The van der Waals surface area contributed by atoms with Crippen molar-refractivity contribution in [1.29, 1.82) is 0 Å². The number of nitrogens with one attached hydrogen (secondary N) is 1.